The molecule has 2 rings (SSSR count). The van der Waals surface area contributed by atoms with E-state index in [9.17, 15) is 23.5 Å². The van der Waals surface area contributed by atoms with E-state index in [0.29, 0.717) is 31.9 Å². The van der Waals surface area contributed by atoms with Crippen molar-refractivity contribution < 1.29 is 27.8 Å². The van der Waals surface area contributed by atoms with E-state index in [0.717, 1.165) is 37.9 Å². The molecule has 2 aromatic rings. The molecule has 10 N–H and O–H groups in total. The van der Waals surface area contributed by atoms with Gasteiger partial charge in [-0.3, -0.25) is 14.8 Å². The summed E-state index contributed by atoms with van der Waals surface area (Å²) < 4.78 is 46.3. The van der Waals surface area contributed by atoms with Crippen LogP contribution in [0.15, 0.2) is 37.0 Å². The number of carboxylic acids is 1. The number of hydrogen-bond donors (Lipinski definition) is 6. The third-order valence-electron chi connectivity index (χ3n) is 6.42. The summed E-state index contributed by atoms with van der Waals surface area (Å²) in [5, 5.41) is 8.76. The summed E-state index contributed by atoms with van der Waals surface area (Å²) in [5.41, 5.74) is 21.0. The van der Waals surface area contributed by atoms with Gasteiger partial charge in [-0.2, -0.15) is 13.8 Å². The average Bonchev–Trinajstić information content (AvgIpc) is 2.95. The van der Waals surface area contributed by atoms with Crippen LogP contribution >= 0.6 is 0 Å². The molecule has 248 valence electrons. The van der Waals surface area contributed by atoms with Crippen LogP contribution in [-0.2, 0) is 6.42 Å². The highest BCUT2D eigenvalue weighted by Crippen LogP contribution is 2.32. The summed E-state index contributed by atoms with van der Waals surface area (Å²) in [5.74, 6) is -2.51. The number of rotatable bonds is 16. The van der Waals surface area contributed by atoms with E-state index in [1.54, 1.807) is 11.8 Å². The summed E-state index contributed by atoms with van der Waals surface area (Å²) in [6.45, 7) is 1.97. The van der Waals surface area contributed by atoms with Gasteiger partial charge in [-0.05, 0) is 45.1 Å². The number of unbranched alkanes of at least 4 members (excludes halogenated alkanes) is 3. The monoisotopic (exact) mass is 638 g/mol. The summed E-state index contributed by atoms with van der Waals surface area (Å²) in [6.07, 6.45) is 5.13. The van der Waals surface area contributed by atoms with E-state index in [-0.39, 0.29) is 48.3 Å². The van der Waals surface area contributed by atoms with Gasteiger partial charge in [0.1, 0.15) is 11.4 Å². The van der Waals surface area contributed by atoms with Crippen LogP contribution in [0.5, 0.6) is 5.75 Å². The smallest absolute Gasteiger partial charge is 0.387 e. The summed E-state index contributed by atoms with van der Waals surface area (Å²) in [6, 6.07) is 0.814. The molecular weight excluding hydrogens is 597 g/mol. The quantitative estimate of drug-likeness (QED) is 0.0898. The molecule has 0 saturated heterocycles. The SMILES string of the molecule is CCCN(CCCc1c(F)cc2c(=O)c(C(=O)O)c[nH]c2c1OC(F)F)C(N)=NC(N)=NCCCCCCN=C(N)N=C(C)N. The Labute approximate surface area is 258 Å². The van der Waals surface area contributed by atoms with Crippen LogP contribution in [0.25, 0.3) is 10.9 Å². The van der Waals surface area contributed by atoms with Crippen LogP contribution in [-0.4, -0.2) is 77.5 Å². The highest BCUT2D eigenvalue weighted by molar-refractivity contribution is 5.95. The highest BCUT2D eigenvalue weighted by atomic mass is 19.3. The number of amidine groups is 1. The maximum atomic E-state index is 15.1. The van der Waals surface area contributed by atoms with E-state index in [4.69, 9.17) is 22.9 Å². The Bertz CT molecular complexity index is 1490. The van der Waals surface area contributed by atoms with E-state index < -0.39 is 40.5 Å². The second-order valence-corrected chi connectivity index (χ2v) is 10.0. The van der Waals surface area contributed by atoms with Crippen LogP contribution < -0.4 is 33.1 Å². The average molecular weight is 639 g/mol. The number of nitrogens with one attached hydrogen (secondary N) is 1. The van der Waals surface area contributed by atoms with E-state index in [1.165, 1.54) is 0 Å². The van der Waals surface area contributed by atoms with Gasteiger partial charge in [0.15, 0.2) is 11.7 Å². The Morgan fingerprint density at radius 1 is 1.02 bits per heavy atom. The number of aromatic amines is 1. The first-order valence-electron chi connectivity index (χ1n) is 14.4. The third kappa shape index (κ3) is 11.6. The first-order chi connectivity index (χ1) is 21.3. The number of carbonyl (C=O) groups is 1. The number of nitrogens with two attached hydrogens (primary N) is 4. The fraction of sp³-hybridized carbons (Fsp3) is 0.500. The molecule has 1 aromatic carbocycles. The number of alkyl halides is 2. The van der Waals surface area contributed by atoms with Crippen LogP contribution in [0.2, 0.25) is 0 Å². The fourth-order valence-corrected chi connectivity index (χ4v) is 4.42. The molecule has 0 bridgehead atoms. The molecule has 0 aliphatic carbocycles. The van der Waals surface area contributed by atoms with Gasteiger partial charge in [-0.15, -0.1) is 0 Å². The second kappa shape index (κ2) is 18.1. The van der Waals surface area contributed by atoms with E-state index in [1.807, 2.05) is 6.92 Å². The van der Waals surface area contributed by atoms with Gasteiger partial charge in [0.2, 0.25) is 17.3 Å². The molecular formula is C28H41F3N10O4. The number of hydrogen-bond acceptors (Lipinski definition) is 5. The van der Waals surface area contributed by atoms with Crippen molar-refractivity contribution in [3.8, 4) is 5.75 Å². The van der Waals surface area contributed by atoms with Gasteiger partial charge in [-0.25, -0.2) is 14.2 Å². The number of nitrogens with zero attached hydrogens (tertiary/aromatic N) is 5. The lowest BCUT2D eigenvalue weighted by Gasteiger charge is -2.23. The van der Waals surface area contributed by atoms with Crippen molar-refractivity contribution in [2.45, 2.75) is 65.4 Å². The first kappa shape index (κ1) is 36.4. The van der Waals surface area contributed by atoms with Gasteiger partial charge < -0.3 is 42.7 Å². The molecule has 0 aliphatic rings. The molecule has 0 spiro atoms. The number of aliphatic imine (C=N–C) groups is 4. The molecule has 1 heterocycles. The lowest BCUT2D eigenvalue weighted by atomic mass is 10.0. The minimum atomic E-state index is -3.32. The zero-order valence-corrected chi connectivity index (χ0v) is 25.4. The van der Waals surface area contributed by atoms with Crippen LogP contribution in [0.4, 0.5) is 13.2 Å². The van der Waals surface area contributed by atoms with Gasteiger partial charge in [0.05, 0.1) is 16.7 Å². The van der Waals surface area contributed by atoms with Crippen LogP contribution in [0, 0.1) is 5.82 Å². The van der Waals surface area contributed by atoms with Crippen molar-refractivity contribution >= 4 is 40.6 Å². The van der Waals surface area contributed by atoms with Gasteiger partial charge in [0.25, 0.3) is 0 Å². The van der Waals surface area contributed by atoms with Crippen molar-refractivity contribution in [3.05, 3.63) is 39.4 Å². The number of guanidine groups is 3. The molecule has 0 unspecified atom stereocenters. The molecule has 14 nitrogen and oxygen atoms in total. The largest absolute Gasteiger partial charge is 0.477 e. The molecule has 45 heavy (non-hydrogen) atoms. The normalized spacial score (nSPS) is 13.1. The number of carboxylic acid groups (broad SMARTS) is 1. The molecule has 0 aliphatic heterocycles. The highest BCUT2D eigenvalue weighted by Gasteiger charge is 2.22. The number of fused-ring (bicyclic) bond motifs is 1. The summed E-state index contributed by atoms with van der Waals surface area (Å²) in [7, 11) is 0. The van der Waals surface area contributed by atoms with Crippen molar-refractivity contribution in [2.24, 2.45) is 42.9 Å². The van der Waals surface area contributed by atoms with Crippen molar-refractivity contribution in [1.29, 1.82) is 0 Å². The van der Waals surface area contributed by atoms with Crippen molar-refractivity contribution in [3.63, 3.8) is 0 Å². The fourth-order valence-electron chi connectivity index (χ4n) is 4.42. The van der Waals surface area contributed by atoms with E-state index in [2.05, 4.69) is 29.7 Å². The minimum Gasteiger partial charge on any atom is -0.477 e. The van der Waals surface area contributed by atoms with Crippen molar-refractivity contribution in [2.75, 3.05) is 26.2 Å². The Balaban J connectivity index is 2.03. The Hall–Kier alpha value is -4.83. The maximum absolute atomic E-state index is 15.1. The Morgan fingerprint density at radius 3 is 2.20 bits per heavy atom. The van der Waals surface area contributed by atoms with Gasteiger partial charge in [-0.1, -0.05) is 19.8 Å². The van der Waals surface area contributed by atoms with Crippen molar-refractivity contribution in [1.82, 2.24) is 9.88 Å². The second-order valence-electron chi connectivity index (χ2n) is 10.0. The Morgan fingerprint density at radius 2 is 1.64 bits per heavy atom. The zero-order valence-electron chi connectivity index (χ0n) is 25.4. The van der Waals surface area contributed by atoms with E-state index >= 15 is 4.39 Å². The number of pyridine rings is 1. The first-order valence-corrected chi connectivity index (χ1v) is 14.4. The lowest BCUT2D eigenvalue weighted by molar-refractivity contribution is -0.0497. The molecule has 0 radical (unpaired) electrons. The number of H-pyrrole nitrogens is 1. The number of ether oxygens (including phenoxy) is 1. The summed E-state index contributed by atoms with van der Waals surface area (Å²) in [4.78, 5) is 44.4. The number of benzene rings is 1. The topological polar surface area (TPSA) is 236 Å². The number of halogens is 3. The standard InChI is InChI=1S/C28H41F3N10O4/c1-3-12-41(28(35)40-27(34)37-11-7-5-4-6-10-36-26(33)39-16(2)32)13-8-9-17-20(29)14-18-21(23(17)45-25(30)31)38-15-19(22(18)42)24(43)44/h14-15,25H,3-13H2,1-2H3,(H,38,42)(H,43,44)(H4,32,33,36,39)(H4,34,35,37,40). The van der Waals surface area contributed by atoms with Gasteiger partial charge in [0, 0.05) is 37.9 Å². The maximum Gasteiger partial charge on any atom is 0.387 e. The molecule has 0 atom stereocenters. The van der Waals surface area contributed by atoms with Gasteiger partial charge >= 0.3 is 12.6 Å². The molecule has 1 aromatic heterocycles. The minimum absolute atomic E-state index is 0.00105. The van der Waals surface area contributed by atoms with Crippen LogP contribution in [0.1, 0.15) is 68.3 Å². The molecule has 0 fully saturated rings. The predicted molar refractivity (Wildman–Crippen MR) is 169 cm³/mol. The summed E-state index contributed by atoms with van der Waals surface area (Å²) >= 11 is 0. The molecule has 17 heteroatoms. The number of aromatic nitrogens is 1. The third-order valence-corrected chi connectivity index (χ3v) is 6.42. The molecule has 0 saturated carbocycles. The zero-order chi connectivity index (χ0) is 33.5. The number of aromatic carboxylic acids is 1. The van der Waals surface area contributed by atoms with Crippen LogP contribution in [0.3, 0.4) is 0 Å². The predicted octanol–water partition coefficient (Wildman–Crippen LogP) is 2.49. The molecule has 0 amide bonds. The lowest BCUT2D eigenvalue weighted by Crippen LogP contribution is -2.40. The Kier molecular flexibility index (Phi) is 14.6.